The number of halogens is 2. The van der Waals surface area contributed by atoms with Gasteiger partial charge in [0.15, 0.2) is 0 Å². The zero-order chi connectivity index (χ0) is 13.1. The molecule has 3 nitrogen and oxygen atoms in total. The van der Waals surface area contributed by atoms with Gasteiger partial charge in [-0.15, -0.1) is 11.3 Å². The van der Waals surface area contributed by atoms with Crippen LogP contribution in [0.2, 0.25) is 0 Å². The molecule has 0 aliphatic rings. The predicted molar refractivity (Wildman–Crippen MR) is 63.3 cm³/mol. The minimum absolute atomic E-state index is 0.0489. The van der Waals surface area contributed by atoms with Crippen LogP contribution in [0, 0.1) is 0 Å². The topological polar surface area (TPSA) is 46.5 Å². The Morgan fingerprint density at radius 1 is 1.28 bits per heavy atom. The molecular formula is C12H8F2O3S. The second-order valence-corrected chi connectivity index (χ2v) is 4.46. The Morgan fingerprint density at radius 3 is 2.67 bits per heavy atom. The van der Waals surface area contributed by atoms with Gasteiger partial charge >= 0.3 is 12.6 Å². The number of thiophene rings is 1. The molecule has 1 N–H and O–H groups in total. The van der Waals surface area contributed by atoms with Gasteiger partial charge in [-0.2, -0.15) is 8.78 Å². The molecule has 0 saturated carbocycles. The van der Waals surface area contributed by atoms with Crippen LogP contribution >= 0.6 is 11.3 Å². The molecule has 6 heteroatoms. The Morgan fingerprint density at radius 2 is 2.06 bits per heavy atom. The third kappa shape index (κ3) is 2.84. The van der Waals surface area contributed by atoms with Crippen LogP contribution in [0.4, 0.5) is 8.78 Å². The molecule has 0 radical (unpaired) electrons. The summed E-state index contributed by atoms with van der Waals surface area (Å²) in [6.07, 6.45) is 0. The number of alkyl halides is 2. The number of ether oxygens (including phenoxy) is 1. The van der Waals surface area contributed by atoms with E-state index in [2.05, 4.69) is 4.74 Å². The number of carbonyl (C=O) groups is 1. The molecule has 0 bridgehead atoms. The lowest BCUT2D eigenvalue weighted by molar-refractivity contribution is -0.0498. The van der Waals surface area contributed by atoms with Crippen LogP contribution in [0.25, 0.3) is 10.4 Å². The highest BCUT2D eigenvalue weighted by molar-refractivity contribution is 7.17. The van der Waals surface area contributed by atoms with Crippen molar-refractivity contribution in [1.82, 2.24) is 0 Å². The molecule has 18 heavy (non-hydrogen) atoms. The summed E-state index contributed by atoms with van der Waals surface area (Å²) >= 11 is 1.08. The lowest BCUT2D eigenvalue weighted by atomic mass is 10.2. The van der Waals surface area contributed by atoms with Crippen molar-refractivity contribution in [1.29, 1.82) is 0 Å². The smallest absolute Gasteiger partial charge is 0.387 e. The minimum Gasteiger partial charge on any atom is -0.477 e. The Bertz CT molecular complexity index is 566. The van der Waals surface area contributed by atoms with E-state index in [1.54, 1.807) is 18.2 Å². The van der Waals surface area contributed by atoms with E-state index >= 15 is 0 Å². The maximum Gasteiger partial charge on any atom is 0.387 e. The highest BCUT2D eigenvalue weighted by atomic mass is 32.1. The first-order valence-corrected chi connectivity index (χ1v) is 5.76. The Hall–Kier alpha value is -1.95. The van der Waals surface area contributed by atoms with Gasteiger partial charge in [0.2, 0.25) is 0 Å². The van der Waals surface area contributed by atoms with Crippen LogP contribution in [0.3, 0.4) is 0 Å². The van der Waals surface area contributed by atoms with Gasteiger partial charge in [-0.3, -0.25) is 0 Å². The molecule has 0 saturated heterocycles. The molecule has 0 spiro atoms. The second-order valence-electron chi connectivity index (χ2n) is 3.38. The molecular weight excluding hydrogens is 262 g/mol. The van der Waals surface area contributed by atoms with Crippen LogP contribution in [0.1, 0.15) is 9.67 Å². The Labute approximate surface area is 105 Å². The van der Waals surface area contributed by atoms with Crippen molar-refractivity contribution < 1.29 is 23.4 Å². The van der Waals surface area contributed by atoms with Crippen molar-refractivity contribution in [2.45, 2.75) is 6.61 Å². The number of rotatable bonds is 4. The third-order valence-corrected chi connectivity index (χ3v) is 3.28. The molecule has 0 amide bonds. The van der Waals surface area contributed by atoms with Gasteiger partial charge in [0.1, 0.15) is 10.6 Å². The molecule has 0 aliphatic heterocycles. The Balaban J connectivity index is 2.29. The van der Waals surface area contributed by atoms with Gasteiger partial charge in [0, 0.05) is 4.88 Å². The molecule has 0 aliphatic carbocycles. The second kappa shape index (κ2) is 5.14. The first-order chi connectivity index (χ1) is 8.56. The van der Waals surface area contributed by atoms with Crippen molar-refractivity contribution >= 4 is 17.3 Å². The van der Waals surface area contributed by atoms with Crippen molar-refractivity contribution in [3.8, 4) is 16.2 Å². The lowest BCUT2D eigenvalue weighted by Gasteiger charge is -2.05. The van der Waals surface area contributed by atoms with Crippen molar-refractivity contribution in [3.63, 3.8) is 0 Å². The summed E-state index contributed by atoms with van der Waals surface area (Å²) in [5.41, 5.74) is 0.644. The fourth-order valence-electron chi connectivity index (χ4n) is 1.43. The number of aromatic carboxylic acids is 1. The van der Waals surface area contributed by atoms with Gasteiger partial charge in [-0.05, 0) is 29.8 Å². The molecule has 1 heterocycles. The largest absolute Gasteiger partial charge is 0.477 e. The summed E-state index contributed by atoms with van der Waals surface area (Å²) in [5.74, 6) is -0.959. The van der Waals surface area contributed by atoms with E-state index in [-0.39, 0.29) is 10.6 Å². The van der Waals surface area contributed by atoms with Crippen molar-refractivity contribution in [2.75, 3.05) is 0 Å². The zero-order valence-corrected chi connectivity index (χ0v) is 9.79. The fourth-order valence-corrected chi connectivity index (χ4v) is 2.27. The molecule has 1 aromatic carbocycles. The van der Waals surface area contributed by atoms with Gasteiger partial charge in [0.25, 0.3) is 0 Å². The summed E-state index contributed by atoms with van der Waals surface area (Å²) in [6.45, 7) is -2.88. The van der Waals surface area contributed by atoms with Crippen LogP contribution in [-0.4, -0.2) is 17.7 Å². The molecule has 1 aromatic heterocycles. The van der Waals surface area contributed by atoms with E-state index in [1.165, 1.54) is 18.2 Å². The van der Waals surface area contributed by atoms with E-state index in [0.29, 0.717) is 10.4 Å². The molecule has 2 aromatic rings. The van der Waals surface area contributed by atoms with Crippen molar-refractivity contribution in [3.05, 3.63) is 41.3 Å². The van der Waals surface area contributed by atoms with Crippen LogP contribution in [0.15, 0.2) is 36.4 Å². The molecule has 0 fully saturated rings. The lowest BCUT2D eigenvalue weighted by Crippen LogP contribution is -2.01. The molecule has 0 unspecified atom stereocenters. The average molecular weight is 270 g/mol. The van der Waals surface area contributed by atoms with Crippen LogP contribution < -0.4 is 4.74 Å². The number of carboxylic acids is 1. The standard InChI is InChI=1S/C12H8F2O3S/c13-12(14)17-8-3-1-2-7(6-8)9-4-5-10(18-9)11(15)16/h1-6,12H,(H,15,16). The minimum atomic E-state index is -2.88. The number of carboxylic acid groups (broad SMARTS) is 1. The zero-order valence-electron chi connectivity index (χ0n) is 8.97. The summed E-state index contributed by atoms with van der Waals surface area (Å²) in [5, 5.41) is 8.81. The summed E-state index contributed by atoms with van der Waals surface area (Å²) in [6, 6.07) is 9.26. The summed E-state index contributed by atoms with van der Waals surface area (Å²) < 4.78 is 28.4. The van der Waals surface area contributed by atoms with E-state index in [4.69, 9.17) is 5.11 Å². The van der Waals surface area contributed by atoms with Gasteiger partial charge in [-0.25, -0.2) is 4.79 Å². The monoisotopic (exact) mass is 270 g/mol. The average Bonchev–Trinajstić information content (AvgIpc) is 2.77. The van der Waals surface area contributed by atoms with Gasteiger partial charge in [0.05, 0.1) is 0 Å². The van der Waals surface area contributed by atoms with E-state index in [1.807, 2.05) is 0 Å². The van der Waals surface area contributed by atoms with E-state index in [0.717, 1.165) is 11.3 Å². The SMILES string of the molecule is O=C(O)c1ccc(-c2cccc(OC(F)F)c2)s1. The molecule has 0 atom stereocenters. The summed E-state index contributed by atoms with van der Waals surface area (Å²) in [7, 11) is 0. The van der Waals surface area contributed by atoms with E-state index in [9.17, 15) is 13.6 Å². The fraction of sp³-hybridized carbons (Fsp3) is 0.0833. The quantitative estimate of drug-likeness (QED) is 0.921. The molecule has 94 valence electrons. The first kappa shape index (κ1) is 12.5. The Kier molecular flexibility index (Phi) is 3.57. The predicted octanol–water partition coefficient (Wildman–Crippen LogP) is 3.71. The van der Waals surface area contributed by atoms with Crippen LogP contribution in [0.5, 0.6) is 5.75 Å². The number of hydrogen-bond acceptors (Lipinski definition) is 3. The van der Waals surface area contributed by atoms with Gasteiger partial charge < -0.3 is 9.84 Å². The summed E-state index contributed by atoms with van der Waals surface area (Å²) in [4.78, 5) is 11.6. The number of benzene rings is 1. The first-order valence-electron chi connectivity index (χ1n) is 4.94. The normalized spacial score (nSPS) is 10.6. The highest BCUT2D eigenvalue weighted by Crippen LogP contribution is 2.30. The maximum atomic E-state index is 12.1. The third-order valence-electron chi connectivity index (χ3n) is 2.16. The maximum absolute atomic E-state index is 12.1. The number of hydrogen-bond donors (Lipinski definition) is 1. The van der Waals surface area contributed by atoms with E-state index < -0.39 is 12.6 Å². The highest BCUT2D eigenvalue weighted by Gasteiger charge is 2.10. The van der Waals surface area contributed by atoms with Crippen molar-refractivity contribution in [2.24, 2.45) is 0 Å². The molecule has 2 rings (SSSR count). The van der Waals surface area contributed by atoms with Gasteiger partial charge in [-0.1, -0.05) is 12.1 Å². The van der Waals surface area contributed by atoms with Crippen LogP contribution in [-0.2, 0) is 0 Å².